The van der Waals surface area contributed by atoms with E-state index in [9.17, 15) is 33.9 Å². The lowest BCUT2D eigenvalue weighted by molar-refractivity contribution is -0.247. The number of carboxylic acids is 1. The second kappa shape index (κ2) is 23.3. The number of hydrogen-bond acceptors (Lipinski definition) is 15. The van der Waals surface area contributed by atoms with Crippen LogP contribution < -0.4 is 25.6 Å². The number of halogens is 1. The fourth-order valence-corrected chi connectivity index (χ4v) is 15.2. The van der Waals surface area contributed by atoms with Gasteiger partial charge in [-0.25, -0.2) is 23.9 Å². The Morgan fingerprint density at radius 3 is 2.42 bits per heavy atom. The molecule has 20 nitrogen and oxygen atoms in total. The van der Waals surface area contributed by atoms with Crippen LogP contribution in [0, 0.1) is 35.1 Å². The number of pyridine rings is 1. The Balaban J connectivity index is 0.671. The zero-order chi connectivity index (χ0) is 58.1. The molecule has 5 heterocycles. The number of benzene rings is 3. The maximum Gasteiger partial charge on any atom is 0.407 e. The van der Waals surface area contributed by atoms with E-state index in [1.165, 1.54) is 35.6 Å². The van der Waals surface area contributed by atoms with Gasteiger partial charge in [0.15, 0.2) is 10.8 Å². The number of aromatic carboxylic acids is 1. The number of aromatic nitrogens is 4. The van der Waals surface area contributed by atoms with Crippen molar-refractivity contribution in [2.24, 2.45) is 16.2 Å². The van der Waals surface area contributed by atoms with Gasteiger partial charge in [0, 0.05) is 85.8 Å². The number of para-hydroxylation sites is 1. The van der Waals surface area contributed by atoms with Gasteiger partial charge in [-0.05, 0) is 128 Å². The van der Waals surface area contributed by atoms with Crippen molar-refractivity contribution in [3.63, 3.8) is 0 Å². The minimum atomic E-state index is -1.20. The van der Waals surface area contributed by atoms with Crippen molar-refractivity contribution in [2.45, 2.75) is 97.4 Å². The third-order valence-electron chi connectivity index (χ3n) is 16.6. The summed E-state index contributed by atoms with van der Waals surface area (Å²) in [5.41, 5.74) is 3.93. The predicted molar refractivity (Wildman–Crippen MR) is 304 cm³/mol. The van der Waals surface area contributed by atoms with Crippen molar-refractivity contribution >= 4 is 68.2 Å². The van der Waals surface area contributed by atoms with Crippen LogP contribution in [0.15, 0.2) is 85.1 Å². The molecule has 4 fully saturated rings. The molecule has 433 valence electrons. The summed E-state index contributed by atoms with van der Waals surface area (Å²) in [7, 11) is 0. The summed E-state index contributed by atoms with van der Waals surface area (Å²) < 4.78 is 42.2. The molecule has 2 atom stereocenters. The van der Waals surface area contributed by atoms with E-state index < -0.39 is 41.2 Å². The van der Waals surface area contributed by atoms with Crippen molar-refractivity contribution in [1.29, 1.82) is 0 Å². The maximum atomic E-state index is 15.3. The number of hydrogen-bond donors (Lipinski definition) is 4. The average Bonchev–Trinajstić information content (AvgIpc) is 2.22. The SMILES string of the molecule is Cc1c(-c2ccc(N3CCc4c(F)ccc(C(=O)Nc5nc6ccccc6s5)c4C3)nc2C(=O)O)cnn1CC12CC3(C)CC(C)(C1)CC(OCCNC(=O)OCc1cc[c]cc1OCCOCCNC(=O)CCN1C(=O)C=CC1=O)(C3)C2. The summed E-state index contributed by atoms with van der Waals surface area (Å²) >= 11 is 1.35. The van der Waals surface area contributed by atoms with E-state index in [0.717, 1.165) is 59.3 Å². The molecular weight excluding hydrogens is 1090 g/mol. The predicted octanol–water partition coefficient (Wildman–Crippen LogP) is 8.20. The van der Waals surface area contributed by atoms with Crippen LogP contribution in [0.5, 0.6) is 5.75 Å². The van der Waals surface area contributed by atoms with Gasteiger partial charge in [0.25, 0.3) is 17.7 Å². The van der Waals surface area contributed by atoms with Crippen molar-refractivity contribution in [2.75, 3.05) is 62.8 Å². The zero-order valence-corrected chi connectivity index (χ0v) is 47.3. The van der Waals surface area contributed by atoms with Gasteiger partial charge in [0.05, 0.1) is 41.8 Å². The van der Waals surface area contributed by atoms with E-state index in [1.807, 2.05) is 40.8 Å². The minimum Gasteiger partial charge on any atom is -0.491 e. The lowest BCUT2D eigenvalue weighted by Gasteiger charge is -2.69. The summed E-state index contributed by atoms with van der Waals surface area (Å²) in [6.07, 6.45) is 9.47. The number of fused-ring (bicyclic) bond motifs is 2. The lowest BCUT2D eigenvalue weighted by atomic mass is 9.39. The molecule has 0 saturated heterocycles. The Morgan fingerprint density at radius 1 is 0.855 bits per heavy atom. The third-order valence-corrected chi connectivity index (χ3v) is 17.6. The number of nitrogens with zero attached hydrogens (tertiary/aromatic N) is 6. The standard InChI is InChI=1S/C61H65FN9O11S/c1-38-43(41-13-15-49(67-53(41)55(76)77)69-22-18-40-44(29-69)42(12-14-45(40)62)54(75)68-56-66-46-9-5-7-11-48(46)83-56)28-65-71(38)37-60-32-58(2)31-59(3,33-60)35-61(34-58,36-60)82-25-21-64-57(78)81-30-39-8-4-6-10-47(39)80-27-26-79-24-20-63-50(72)19-23-70-51(73)16-17-52(70)74/h4-5,7-17,28H,18-27,29-37H2,1-3H3,(H,63,72)(H,64,78)(H,76,77)(H,66,68,75). The molecule has 4 aliphatic carbocycles. The van der Waals surface area contributed by atoms with Crippen LogP contribution in [0.3, 0.4) is 0 Å². The first-order chi connectivity index (χ1) is 39.9. The number of carbonyl (C=O) groups is 6. The minimum absolute atomic E-state index is 0.00596. The number of nitrogens with one attached hydrogen (secondary N) is 3. The molecule has 83 heavy (non-hydrogen) atoms. The number of imide groups is 1. The van der Waals surface area contributed by atoms with Crippen molar-refractivity contribution in [3.05, 3.63) is 131 Å². The van der Waals surface area contributed by atoms with E-state index in [-0.39, 0.29) is 86.9 Å². The first-order valence-electron chi connectivity index (χ1n) is 27.9. The van der Waals surface area contributed by atoms with Gasteiger partial charge in [-0.15, -0.1) is 0 Å². The molecule has 3 aromatic heterocycles. The van der Waals surface area contributed by atoms with Gasteiger partial charge in [-0.1, -0.05) is 49.4 Å². The Morgan fingerprint density at radius 2 is 1.64 bits per heavy atom. The molecule has 2 aliphatic heterocycles. The van der Waals surface area contributed by atoms with E-state index in [4.69, 9.17) is 29.0 Å². The molecule has 0 spiro atoms. The highest BCUT2D eigenvalue weighted by atomic mass is 32.1. The Labute approximate surface area is 482 Å². The van der Waals surface area contributed by atoms with E-state index in [0.29, 0.717) is 76.2 Å². The molecule has 4 N–H and O–H groups in total. The molecule has 3 aromatic carbocycles. The largest absolute Gasteiger partial charge is 0.491 e. The average molecular weight is 1150 g/mol. The second-order valence-corrected chi connectivity index (χ2v) is 24.3. The van der Waals surface area contributed by atoms with Crippen molar-refractivity contribution in [1.82, 2.24) is 35.3 Å². The monoisotopic (exact) mass is 1150 g/mol. The Hall–Kier alpha value is -8.08. The number of ether oxygens (including phenoxy) is 4. The molecule has 6 aliphatic rings. The number of carbonyl (C=O) groups excluding carboxylic acids is 5. The van der Waals surface area contributed by atoms with Crippen LogP contribution in [-0.2, 0) is 54.7 Å². The maximum absolute atomic E-state index is 15.3. The number of carboxylic acid groups (broad SMARTS) is 1. The molecule has 6 aromatic rings. The number of anilines is 2. The van der Waals surface area contributed by atoms with Crippen molar-refractivity contribution in [3.8, 4) is 16.9 Å². The molecule has 22 heteroatoms. The number of alkyl carbamates (subject to hydrolysis) is 1. The van der Waals surface area contributed by atoms with Crippen molar-refractivity contribution < 1.29 is 57.2 Å². The Bertz CT molecular complexity index is 3500. The van der Waals surface area contributed by atoms with Crippen LogP contribution in [0.25, 0.3) is 21.3 Å². The summed E-state index contributed by atoms with van der Waals surface area (Å²) in [4.78, 5) is 87.4. The van der Waals surface area contributed by atoms with E-state index >= 15 is 4.39 Å². The third kappa shape index (κ3) is 12.4. The van der Waals surface area contributed by atoms with Gasteiger partial charge in [-0.2, -0.15) is 5.10 Å². The molecule has 5 amide bonds. The quantitative estimate of drug-likeness (QED) is 0.0349. The number of rotatable bonds is 23. The zero-order valence-electron chi connectivity index (χ0n) is 46.5. The number of amides is 5. The molecule has 2 unspecified atom stereocenters. The second-order valence-electron chi connectivity index (χ2n) is 23.3. The summed E-state index contributed by atoms with van der Waals surface area (Å²) in [6.45, 7) is 9.21. The lowest BCUT2D eigenvalue weighted by Crippen LogP contribution is -2.64. The van der Waals surface area contributed by atoms with Gasteiger partial charge in [0.2, 0.25) is 5.91 Å². The molecule has 12 rings (SSSR count). The first-order valence-corrected chi connectivity index (χ1v) is 28.7. The first kappa shape index (κ1) is 56.8. The Kier molecular flexibility index (Phi) is 15.9. The number of thiazole rings is 1. The van der Waals surface area contributed by atoms with Gasteiger partial charge in [-0.3, -0.25) is 34.1 Å². The summed E-state index contributed by atoms with van der Waals surface area (Å²) in [5, 5.41) is 24.4. The highest BCUT2D eigenvalue weighted by Crippen LogP contribution is 2.72. The van der Waals surface area contributed by atoms with Crippen LogP contribution in [-0.4, -0.2) is 124 Å². The highest BCUT2D eigenvalue weighted by molar-refractivity contribution is 7.22. The summed E-state index contributed by atoms with van der Waals surface area (Å²) in [5.74, 6) is -2.30. The smallest absolute Gasteiger partial charge is 0.407 e. The highest BCUT2D eigenvalue weighted by Gasteiger charge is 2.66. The fraction of sp³-hybridized carbons (Fsp3) is 0.426. The van der Waals surface area contributed by atoms with Gasteiger partial charge < -0.3 is 39.6 Å². The van der Waals surface area contributed by atoms with E-state index in [2.05, 4.69) is 40.8 Å². The normalized spacial score (nSPS) is 22.3. The fourth-order valence-electron chi connectivity index (χ4n) is 14.3. The van der Waals surface area contributed by atoms with Crippen LogP contribution in [0.2, 0.25) is 0 Å². The van der Waals surface area contributed by atoms with Crippen LogP contribution in [0.1, 0.15) is 102 Å². The van der Waals surface area contributed by atoms with E-state index in [1.54, 1.807) is 36.5 Å². The molecule has 4 saturated carbocycles. The van der Waals surface area contributed by atoms with Crippen LogP contribution >= 0.6 is 11.3 Å². The van der Waals surface area contributed by atoms with Crippen LogP contribution in [0.4, 0.5) is 20.1 Å². The molecule has 1 radical (unpaired) electrons. The summed E-state index contributed by atoms with van der Waals surface area (Å²) in [6, 6.07) is 22.0. The molecular formula is C61H65FN9O11S. The van der Waals surface area contributed by atoms with Gasteiger partial charge in [0.1, 0.15) is 30.6 Å². The van der Waals surface area contributed by atoms with Gasteiger partial charge >= 0.3 is 12.1 Å². The molecule has 4 bridgehead atoms. The topological polar surface area (TPSA) is 246 Å².